The number of carbonyl (C=O) groups is 1. The zero-order valence-electron chi connectivity index (χ0n) is 12.6. The highest BCUT2D eigenvalue weighted by molar-refractivity contribution is 5.81. The summed E-state index contributed by atoms with van der Waals surface area (Å²) in [5.74, 6) is 0.0768. The van der Waals surface area contributed by atoms with Crippen LogP contribution in [0.5, 0.6) is 0 Å². The smallest absolute Gasteiger partial charge is 0.237 e. The third-order valence-corrected chi connectivity index (χ3v) is 3.39. The Labute approximate surface area is 122 Å². The molecule has 2 atom stereocenters. The lowest BCUT2D eigenvalue weighted by molar-refractivity contribution is -0.123. The molecule has 4 nitrogen and oxygen atoms in total. The topological polar surface area (TPSA) is 67.1 Å². The van der Waals surface area contributed by atoms with Gasteiger partial charge < -0.3 is 16.4 Å². The van der Waals surface area contributed by atoms with Crippen LogP contribution in [0.3, 0.4) is 0 Å². The van der Waals surface area contributed by atoms with E-state index in [1.54, 1.807) is 0 Å². The van der Waals surface area contributed by atoms with Gasteiger partial charge in [-0.25, -0.2) is 0 Å². The number of likely N-dealkylation sites (N-methyl/N-ethyl adjacent to an activating group) is 1. The Bertz CT molecular complexity index is 381. The van der Waals surface area contributed by atoms with E-state index >= 15 is 0 Å². The highest BCUT2D eigenvalue weighted by atomic mass is 16.2. The molecule has 0 aromatic heterocycles. The Hall–Kier alpha value is -1.39. The molecule has 0 aliphatic heterocycles. The number of nitrogens with two attached hydrogens (primary N) is 1. The van der Waals surface area contributed by atoms with Gasteiger partial charge in [-0.2, -0.15) is 0 Å². The number of amides is 1. The molecule has 4 heteroatoms. The van der Waals surface area contributed by atoms with Gasteiger partial charge in [0.2, 0.25) is 5.91 Å². The van der Waals surface area contributed by atoms with Crippen molar-refractivity contribution < 1.29 is 4.79 Å². The van der Waals surface area contributed by atoms with E-state index in [1.807, 2.05) is 32.2 Å². The molecule has 0 spiro atoms. The van der Waals surface area contributed by atoms with Crippen LogP contribution in [0.1, 0.15) is 31.7 Å². The summed E-state index contributed by atoms with van der Waals surface area (Å²) in [6.45, 7) is 2.72. The minimum atomic E-state index is -0.125. The third-order valence-electron chi connectivity index (χ3n) is 3.39. The second kappa shape index (κ2) is 9.50. The van der Waals surface area contributed by atoms with Crippen LogP contribution >= 0.6 is 0 Å². The van der Waals surface area contributed by atoms with Crippen LogP contribution in [0.25, 0.3) is 0 Å². The lowest BCUT2D eigenvalue weighted by Gasteiger charge is -2.20. The number of benzene rings is 1. The molecule has 0 saturated heterocycles. The summed E-state index contributed by atoms with van der Waals surface area (Å²) < 4.78 is 0. The van der Waals surface area contributed by atoms with E-state index in [0.29, 0.717) is 6.54 Å². The van der Waals surface area contributed by atoms with Crippen molar-refractivity contribution in [2.24, 2.45) is 5.73 Å². The van der Waals surface area contributed by atoms with Gasteiger partial charge in [-0.3, -0.25) is 4.79 Å². The van der Waals surface area contributed by atoms with Crippen molar-refractivity contribution in [1.82, 2.24) is 10.6 Å². The van der Waals surface area contributed by atoms with E-state index in [-0.39, 0.29) is 18.0 Å². The maximum Gasteiger partial charge on any atom is 0.237 e. The van der Waals surface area contributed by atoms with E-state index in [9.17, 15) is 4.79 Å². The Morgan fingerprint density at radius 1 is 1.25 bits per heavy atom. The Morgan fingerprint density at radius 2 is 1.95 bits per heavy atom. The van der Waals surface area contributed by atoms with E-state index in [2.05, 4.69) is 22.8 Å². The van der Waals surface area contributed by atoms with Gasteiger partial charge in [-0.15, -0.1) is 0 Å². The number of hydrogen-bond donors (Lipinski definition) is 3. The van der Waals surface area contributed by atoms with E-state index < -0.39 is 0 Å². The average molecular weight is 277 g/mol. The molecule has 1 rings (SSSR count). The van der Waals surface area contributed by atoms with Crippen LogP contribution in [0.15, 0.2) is 30.3 Å². The molecule has 0 radical (unpaired) electrons. The summed E-state index contributed by atoms with van der Waals surface area (Å²) in [4.78, 5) is 12.2. The van der Waals surface area contributed by atoms with Crippen molar-refractivity contribution in [2.75, 3.05) is 13.6 Å². The monoisotopic (exact) mass is 277 g/mol. The summed E-state index contributed by atoms with van der Waals surface area (Å²) in [7, 11) is 1.83. The first kappa shape index (κ1) is 16.7. The van der Waals surface area contributed by atoms with Gasteiger partial charge in [0.1, 0.15) is 0 Å². The predicted octanol–water partition coefficient (Wildman–Crippen LogP) is 1.45. The summed E-state index contributed by atoms with van der Waals surface area (Å²) >= 11 is 0. The summed E-state index contributed by atoms with van der Waals surface area (Å²) in [5, 5.41) is 6.15. The van der Waals surface area contributed by atoms with Gasteiger partial charge in [0.15, 0.2) is 0 Å². The molecule has 112 valence electrons. The van der Waals surface area contributed by atoms with Crippen LogP contribution in [0, 0.1) is 0 Å². The fourth-order valence-corrected chi connectivity index (χ4v) is 2.26. The minimum absolute atomic E-state index is 0.0768. The highest BCUT2D eigenvalue weighted by Crippen LogP contribution is 2.04. The van der Waals surface area contributed by atoms with Gasteiger partial charge in [-0.1, -0.05) is 36.8 Å². The van der Waals surface area contributed by atoms with Crippen LogP contribution in [-0.2, 0) is 11.2 Å². The molecule has 1 aromatic rings. The Kier molecular flexibility index (Phi) is 7.92. The molecule has 0 aliphatic carbocycles. The number of rotatable bonds is 9. The molecule has 0 bridgehead atoms. The SMILES string of the molecule is CN[C@@H](CCCCN)C(=O)N[C@@H](C)Cc1ccccc1. The molecule has 1 amide bonds. The first-order valence-corrected chi connectivity index (χ1v) is 7.39. The first-order valence-electron chi connectivity index (χ1n) is 7.39. The Balaban J connectivity index is 2.39. The molecule has 20 heavy (non-hydrogen) atoms. The van der Waals surface area contributed by atoms with Gasteiger partial charge in [0.25, 0.3) is 0 Å². The van der Waals surface area contributed by atoms with Crippen molar-refractivity contribution in [3.05, 3.63) is 35.9 Å². The predicted molar refractivity (Wildman–Crippen MR) is 83.5 cm³/mol. The summed E-state index contributed by atoms with van der Waals surface area (Å²) in [6.07, 6.45) is 3.62. The number of hydrogen-bond acceptors (Lipinski definition) is 3. The number of carbonyl (C=O) groups excluding carboxylic acids is 1. The lowest BCUT2D eigenvalue weighted by Crippen LogP contribution is -2.46. The van der Waals surface area contributed by atoms with Crippen molar-refractivity contribution in [2.45, 2.75) is 44.7 Å². The Morgan fingerprint density at radius 3 is 2.55 bits per heavy atom. The zero-order valence-corrected chi connectivity index (χ0v) is 12.6. The molecule has 0 unspecified atom stereocenters. The van der Waals surface area contributed by atoms with Crippen molar-refractivity contribution in [3.8, 4) is 0 Å². The van der Waals surface area contributed by atoms with Crippen LogP contribution in [0.4, 0.5) is 0 Å². The molecular weight excluding hydrogens is 250 g/mol. The molecule has 0 saturated carbocycles. The fraction of sp³-hybridized carbons (Fsp3) is 0.562. The lowest BCUT2D eigenvalue weighted by atomic mass is 10.1. The van der Waals surface area contributed by atoms with Crippen LogP contribution in [-0.4, -0.2) is 31.6 Å². The van der Waals surface area contributed by atoms with Crippen molar-refractivity contribution >= 4 is 5.91 Å². The summed E-state index contributed by atoms with van der Waals surface area (Å²) in [6, 6.07) is 10.2. The number of unbranched alkanes of at least 4 members (excludes halogenated alkanes) is 1. The fourth-order valence-electron chi connectivity index (χ4n) is 2.26. The standard InChI is InChI=1S/C16H27N3O/c1-13(12-14-8-4-3-5-9-14)19-16(20)15(18-2)10-6-7-11-17/h3-5,8-9,13,15,18H,6-7,10-12,17H2,1-2H3,(H,19,20)/t13-,15-/m0/s1. The molecule has 0 heterocycles. The van der Waals surface area contributed by atoms with Crippen LogP contribution in [0.2, 0.25) is 0 Å². The average Bonchev–Trinajstić information content (AvgIpc) is 2.44. The molecule has 1 aromatic carbocycles. The maximum absolute atomic E-state index is 12.2. The highest BCUT2D eigenvalue weighted by Gasteiger charge is 2.17. The molecular formula is C16H27N3O. The summed E-state index contributed by atoms with van der Waals surface area (Å²) in [5.41, 5.74) is 6.72. The largest absolute Gasteiger partial charge is 0.352 e. The van der Waals surface area contributed by atoms with E-state index in [4.69, 9.17) is 5.73 Å². The zero-order chi connectivity index (χ0) is 14.8. The minimum Gasteiger partial charge on any atom is -0.352 e. The second-order valence-electron chi connectivity index (χ2n) is 5.23. The number of nitrogens with one attached hydrogen (secondary N) is 2. The van der Waals surface area contributed by atoms with E-state index in [1.165, 1.54) is 5.56 Å². The van der Waals surface area contributed by atoms with Gasteiger partial charge in [0.05, 0.1) is 6.04 Å². The normalized spacial score (nSPS) is 13.8. The second-order valence-corrected chi connectivity index (χ2v) is 5.23. The first-order chi connectivity index (χ1) is 9.67. The molecule has 0 fully saturated rings. The van der Waals surface area contributed by atoms with Crippen molar-refractivity contribution in [1.29, 1.82) is 0 Å². The quantitative estimate of drug-likeness (QED) is 0.599. The molecule has 4 N–H and O–H groups in total. The third kappa shape index (κ3) is 6.17. The van der Waals surface area contributed by atoms with Gasteiger partial charge in [0, 0.05) is 6.04 Å². The van der Waals surface area contributed by atoms with Gasteiger partial charge in [-0.05, 0) is 45.3 Å². The van der Waals surface area contributed by atoms with Crippen molar-refractivity contribution in [3.63, 3.8) is 0 Å². The van der Waals surface area contributed by atoms with Gasteiger partial charge >= 0.3 is 0 Å². The maximum atomic E-state index is 12.2. The van der Waals surface area contributed by atoms with Crippen LogP contribution < -0.4 is 16.4 Å². The van der Waals surface area contributed by atoms with E-state index in [0.717, 1.165) is 25.7 Å². The molecule has 0 aliphatic rings.